The van der Waals surface area contributed by atoms with E-state index in [1.54, 1.807) is 7.11 Å². The zero-order chi connectivity index (χ0) is 13.6. The van der Waals surface area contributed by atoms with E-state index in [9.17, 15) is 4.79 Å². The van der Waals surface area contributed by atoms with Crippen LogP contribution in [0.1, 0.15) is 6.42 Å². The molecule has 104 valence electrons. The lowest BCUT2D eigenvalue weighted by Gasteiger charge is -2.25. The summed E-state index contributed by atoms with van der Waals surface area (Å²) in [5.41, 5.74) is 0.521. The molecule has 0 aliphatic carbocycles. The van der Waals surface area contributed by atoms with Gasteiger partial charge in [0.1, 0.15) is 5.60 Å². The van der Waals surface area contributed by atoms with Crippen LogP contribution in [-0.2, 0) is 14.3 Å². The first-order valence-electron chi connectivity index (χ1n) is 6.43. The van der Waals surface area contributed by atoms with Gasteiger partial charge in [0.2, 0.25) is 5.91 Å². The molecule has 0 bridgehead atoms. The maximum Gasteiger partial charge on any atom is 0.238 e. The zero-order valence-corrected chi connectivity index (χ0v) is 11.1. The number of amides is 1. The van der Waals surface area contributed by atoms with Crippen molar-refractivity contribution in [2.75, 3.05) is 38.7 Å². The Labute approximate surface area is 113 Å². The van der Waals surface area contributed by atoms with E-state index in [4.69, 9.17) is 9.47 Å². The third kappa shape index (κ3) is 4.02. The van der Waals surface area contributed by atoms with E-state index < -0.39 is 0 Å². The number of carbonyl (C=O) groups excluding carboxylic acids is 1. The number of anilines is 1. The number of para-hydroxylation sites is 1. The maximum atomic E-state index is 11.7. The smallest absolute Gasteiger partial charge is 0.238 e. The van der Waals surface area contributed by atoms with Gasteiger partial charge in [-0.3, -0.25) is 4.79 Å². The van der Waals surface area contributed by atoms with Gasteiger partial charge in [-0.25, -0.2) is 0 Å². The largest absolute Gasteiger partial charge is 0.378 e. The molecule has 0 radical (unpaired) electrons. The van der Waals surface area contributed by atoms with Crippen LogP contribution < -0.4 is 10.6 Å². The highest BCUT2D eigenvalue weighted by atomic mass is 16.5. The molecule has 0 aromatic heterocycles. The lowest BCUT2D eigenvalue weighted by Crippen LogP contribution is -2.45. The molecule has 19 heavy (non-hydrogen) atoms. The first kappa shape index (κ1) is 14.0. The van der Waals surface area contributed by atoms with E-state index in [2.05, 4.69) is 10.6 Å². The summed E-state index contributed by atoms with van der Waals surface area (Å²) in [5.74, 6) is -0.0589. The number of ether oxygens (including phenoxy) is 2. The summed E-state index contributed by atoms with van der Waals surface area (Å²) in [6.45, 7) is 2.17. The molecule has 1 unspecified atom stereocenters. The zero-order valence-electron chi connectivity index (χ0n) is 11.1. The maximum absolute atomic E-state index is 11.7. The van der Waals surface area contributed by atoms with Crippen molar-refractivity contribution in [1.82, 2.24) is 5.32 Å². The quantitative estimate of drug-likeness (QED) is 0.805. The standard InChI is InChI=1S/C14H20N2O3/c1-18-14(7-8-19-11-14)10-15-9-13(17)16-12-5-3-2-4-6-12/h2-6,15H,7-11H2,1H3,(H,16,17). The molecule has 1 aromatic carbocycles. The highest BCUT2D eigenvalue weighted by Crippen LogP contribution is 2.21. The predicted octanol–water partition coefficient (Wildman–Crippen LogP) is 1.02. The minimum absolute atomic E-state index is 0.0589. The highest BCUT2D eigenvalue weighted by molar-refractivity contribution is 5.92. The summed E-state index contributed by atoms with van der Waals surface area (Å²) in [7, 11) is 1.68. The molecule has 1 aliphatic rings. The van der Waals surface area contributed by atoms with Gasteiger partial charge in [-0.1, -0.05) is 18.2 Å². The molecular weight excluding hydrogens is 244 g/mol. The molecule has 5 heteroatoms. The minimum atomic E-state index is -0.285. The van der Waals surface area contributed by atoms with Crippen molar-refractivity contribution >= 4 is 11.6 Å². The van der Waals surface area contributed by atoms with Crippen LogP contribution in [0.3, 0.4) is 0 Å². The van der Waals surface area contributed by atoms with Gasteiger partial charge in [0.25, 0.3) is 0 Å². The molecule has 5 nitrogen and oxygen atoms in total. The fraction of sp³-hybridized carbons (Fsp3) is 0.500. The molecule has 1 aromatic rings. The van der Waals surface area contributed by atoms with Crippen LogP contribution >= 0.6 is 0 Å². The summed E-state index contributed by atoms with van der Waals surface area (Å²) in [4.78, 5) is 11.7. The molecule has 1 atom stereocenters. The van der Waals surface area contributed by atoms with Crippen LogP contribution in [0.5, 0.6) is 0 Å². The second-order valence-electron chi connectivity index (χ2n) is 4.71. The Morgan fingerprint density at radius 1 is 1.42 bits per heavy atom. The van der Waals surface area contributed by atoms with Crippen molar-refractivity contribution in [3.05, 3.63) is 30.3 Å². The van der Waals surface area contributed by atoms with Crippen molar-refractivity contribution in [2.24, 2.45) is 0 Å². The predicted molar refractivity (Wildman–Crippen MR) is 73.1 cm³/mol. The van der Waals surface area contributed by atoms with Crippen molar-refractivity contribution in [3.63, 3.8) is 0 Å². The fourth-order valence-corrected chi connectivity index (χ4v) is 2.09. The first-order valence-corrected chi connectivity index (χ1v) is 6.43. The average molecular weight is 264 g/mol. The Hall–Kier alpha value is -1.43. The van der Waals surface area contributed by atoms with Gasteiger partial charge in [0.05, 0.1) is 13.2 Å². The van der Waals surface area contributed by atoms with Crippen LogP contribution in [0.2, 0.25) is 0 Å². The molecule has 2 rings (SSSR count). The van der Waals surface area contributed by atoms with E-state index in [-0.39, 0.29) is 18.1 Å². The fourth-order valence-electron chi connectivity index (χ4n) is 2.09. The highest BCUT2D eigenvalue weighted by Gasteiger charge is 2.34. The van der Waals surface area contributed by atoms with E-state index in [0.717, 1.165) is 12.1 Å². The molecule has 1 amide bonds. The average Bonchev–Trinajstić information content (AvgIpc) is 2.89. The van der Waals surface area contributed by atoms with Gasteiger partial charge in [-0.2, -0.15) is 0 Å². The third-order valence-electron chi connectivity index (χ3n) is 3.29. The van der Waals surface area contributed by atoms with E-state index in [0.29, 0.717) is 19.8 Å². The molecule has 1 fully saturated rings. The normalized spacial score (nSPS) is 22.4. The second-order valence-corrected chi connectivity index (χ2v) is 4.71. The summed E-state index contributed by atoms with van der Waals surface area (Å²) in [6.07, 6.45) is 0.858. The Balaban J connectivity index is 1.72. The number of benzene rings is 1. The number of carbonyl (C=O) groups is 1. The number of hydrogen-bond donors (Lipinski definition) is 2. The molecule has 1 saturated heterocycles. The van der Waals surface area contributed by atoms with Crippen LogP contribution in [0.15, 0.2) is 30.3 Å². The lowest BCUT2D eigenvalue weighted by molar-refractivity contribution is -0.115. The van der Waals surface area contributed by atoms with E-state index >= 15 is 0 Å². The van der Waals surface area contributed by atoms with Crippen LogP contribution in [0, 0.1) is 0 Å². The summed E-state index contributed by atoms with van der Waals surface area (Å²) >= 11 is 0. The Morgan fingerprint density at radius 2 is 2.21 bits per heavy atom. The molecule has 2 N–H and O–H groups in total. The summed E-state index contributed by atoms with van der Waals surface area (Å²) in [6, 6.07) is 9.41. The van der Waals surface area contributed by atoms with Gasteiger partial charge < -0.3 is 20.1 Å². The van der Waals surface area contributed by atoms with E-state index in [1.807, 2.05) is 30.3 Å². The Bertz CT molecular complexity index is 402. The van der Waals surface area contributed by atoms with Crippen molar-refractivity contribution in [2.45, 2.75) is 12.0 Å². The monoisotopic (exact) mass is 264 g/mol. The van der Waals surface area contributed by atoms with Crippen molar-refractivity contribution in [1.29, 1.82) is 0 Å². The third-order valence-corrected chi connectivity index (χ3v) is 3.29. The molecule has 1 aliphatic heterocycles. The van der Waals surface area contributed by atoms with Gasteiger partial charge >= 0.3 is 0 Å². The summed E-state index contributed by atoms with van der Waals surface area (Å²) in [5, 5.41) is 5.95. The van der Waals surface area contributed by atoms with Gasteiger partial charge in [-0.05, 0) is 12.1 Å². The minimum Gasteiger partial charge on any atom is -0.378 e. The van der Waals surface area contributed by atoms with Crippen LogP contribution in [0.4, 0.5) is 5.69 Å². The molecular formula is C14H20N2O3. The number of hydrogen-bond acceptors (Lipinski definition) is 4. The molecule has 0 saturated carbocycles. The van der Waals surface area contributed by atoms with Crippen LogP contribution in [-0.4, -0.2) is 44.9 Å². The number of methoxy groups -OCH3 is 1. The van der Waals surface area contributed by atoms with Gasteiger partial charge in [0, 0.05) is 32.4 Å². The second kappa shape index (κ2) is 6.65. The van der Waals surface area contributed by atoms with Crippen molar-refractivity contribution < 1.29 is 14.3 Å². The Kier molecular flexibility index (Phi) is 4.90. The molecule has 1 heterocycles. The van der Waals surface area contributed by atoms with E-state index in [1.165, 1.54) is 0 Å². The SMILES string of the molecule is COC1(CNCC(=O)Nc2ccccc2)CCOC1. The molecule has 0 spiro atoms. The van der Waals surface area contributed by atoms with Gasteiger partial charge in [-0.15, -0.1) is 0 Å². The van der Waals surface area contributed by atoms with Gasteiger partial charge in [0.15, 0.2) is 0 Å². The lowest BCUT2D eigenvalue weighted by atomic mass is 10.0. The number of nitrogens with one attached hydrogen (secondary N) is 2. The van der Waals surface area contributed by atoms with Crippen molar-refractivity contribution in [3.8, 4) is 0 Å². The number of rotatable bonds is 6. The Morgan fingerprint density at radius 3 is 2.84 bits per heavy atom. The first-order chi connectivity index (χ1) is 9.24. The van der Waals surface area contributed by atoms with Crippen LogP contribution in [0.25, 0.3) is 0 Å². The summed E-state index contributed by atoms with van der Waals surface area (Å²) < 4.78 is 10.8. The topological polar surface area (TPSA) is 59.6 Å².